The molecule has 2 bridgehead atoms. The molecular formula is C39H52FN5O2. The number of fused-ring (bicyclic) bond motifs is 3. The van der Waals surface area contributed by atoms with Gasteiger partial charge in [0.05, 0.1) is 11.0 Å². The molecule has 252 valence electrons. The number of aryl methyl sites for hydroxylation is 1. The summed E-state index contributed by atoms with van der Waals surface area (Å²) >= 11 is 0. The fraction of sp³-hybridized carbons (Fsp3) is 0.615. The second kappa shape index (κ2) is 12.3. The van der Waals surface area contributed by atoms with E-state index in [-0.39, 0.29) is 23.0 Å². The summed E-state index contributed by atoms with van der Waals surface area (Å²) in [5.41, 5.74) is 1.84. The molecule has 0 radical (unpaired) electrons. The number of hydrogen-bond acceptors (Lipinski definition) is 4. The molecule has 0 spiro atoms. The molecule has 4 aliphatic rings. The molecule has 0 unspecified atom stereocenters. The molecule has 3 atom stereocenters. The molecule has 2 aromatic carbocycles. The quantitative estimate of drug-likeness (QED) is 0.300. The van der Waals surface area contributed by atoms with Gasteiger partial charge in [-0.2, -0.15) is 0 Å². The van der Waals surface area contributed by atoms with Gasteiger partial charge < -0.3 is 14.8 Å². The van der Waals surface area contributed by atoms with Gasteiger partial charge in [-0.15, -0.1) is 0 Å². The Morgan fingerprint density at radius 3 is 2.28 bits per heavy atom. The lowest BCUT2D eigenvalue weighted by molar-refractivity contribution is -0.145. The largest absolute Gasteiger partial charge is 0.341 e. The SMILES string of the molecule is Cc1nc2ccccc2n1[C@H]1C[C@H]2CC[C@@H](C1)N2CCC1(c2cccc(F)c2)CCN(C(=O)C2(NC(=O)C(C)(C)C)CCCC2)CC1. The van der Waals surface area contributed by atoms with E-state index in [1.54, 1.807) is 6.07 Å². The molecule has 4 heterocycles. The van der Waals surface area contributed by atoms with Crippen LogP contribution in [0.1, 0.15) is 109 Å². The minimum absolute atomic E-state index is 0.0614. The van der Waals surface area contributed by atoms with Crippen molar-refractivity contribution in [3.8, 4) is 0 Å². The average molecular weight is 642 g/mol. The van der Waals surface area contributed by atoms with E-state index in [1.807, 2.05) is 31.7 Å². The minimum atomic E-state index is -0.800. The van der Waals surface area contributed by atoms with E-state index < -0.39 is 11.0 Å². The highest BCUT2D eigenvalue weighted by Gasteiger charge is 2.49. The highest BCUT2D eigenvalue weighted by Crippen LogP contribution is 2.46. The monoisotopic (exact) mass is 641 g/mol. The van der Waals surface area contributed by atoms with Crippen LogP contribution in [0.15, 0.2) is 48.5 Å². The number of carbonyl (C=O) groups is 2. The number of imidazole rings is 1. The van der Waals surface area contributed by atoms with E-state index in [0.717, 1.165) is 68.4 Å². The fourth-order valence-electron chi connectivity index (χ4n) is 9.51. The van der Waals surface area contributed by atoms with Crippen molar-refractivity contribution in [2.75, 3.05) is 19.6 Å². The summed E-state index contributed by atoms with van der Waals surface area (Å²) < 4.78 is 17.2. The molecule has 3 saturated heterocycles. The van der Waals surface area contributed by atoms with Crippen LogP contribution in [0.25, 0.3) is 11.0 Å². The number of hydrogen-bond donors (Lipinski definition) is 1. The molecule has 3 aliphatic heterocycles. The zero-order chi connectivity index (χ0) is 33.0. The van der Waals surface area contributed by atoms with Crippen molar-refractivity contribution in [3.63, 3.8) is 0 Å². The highest BCUT2D eigenvalue weighted by molar-refractivity contribution is 5.93. The van der Waals surface area contributed by atoms with Crippen molar-refractivity contribution in [1.82, 2.24) is 24.7 Å². The maximum absolute atomic E-state index is 14.7. The Balaban J connectivity index is 1.07. The Hall–Kier alpha value is -3.26. The van der Waals surface area contributed by atoms with Crippen molar-refractivity contribution in [2.24, 2.45) is 5.41 Å². The summed E-state index contributed by atoms with van der Waals surface area (Å²) in [5.74, 6) is 0.920. The summed E-state index contributed by atoms with van der Waals surface area (Å²) in [5, 5.41) is 3.21. The van der Waals surface area contributed by atoms with Gasteiger partial charge in [-0.3, -0.25) is 14.5 Å². The smallest absolute Gasteiger partial charge is 0.248 e. The molecule has 4 fully saturated rings. The van der Waals surface area contributed by atoms with Gasteiger partial charge in [0.15, 0.2) is 0 Å². The molecule has 3 aromatic rings. The number of nitrogens with one attached hydrogen (secondary N) is 1. The number of halogens is 1. The Bertz CT molecular complexity index is 1610. The second-order valence-corrected chi connectivity index (χ2v) is 16.1. The number of para-hydroxylation sites is 2. The van der Waals surface area contributed by atoms with Crippen molar-refractivity contribution in [3.05, 3.63) is 65.7 Å². The molecule has 2 amide bonds. The van der Waals surface area contributed by atoms with Crippen LogP contribution in [-0.2, 0) is 15.0 Å². The molecule has 7 rings (SSSR count). The first-order chi connectivity index (χ1) is 22.5. The number of carbonyl (C=O) groups excluding carboxylic acids is 2. The number of benzene rings is 2. The molecular weight excluding hydrogens is 589 g/mol. The minimum Gasteiger partial charge on any atom is -0.341 e. The Morgan fingerprint density at radius 2 is 1.62 bits per heavy atom. The van der Waals surface area contributed by atoms with Crippen LogP contribution < -0.4 is 5.32 Å². The topological polar surface area (TPSA) is 70.5 Å². The number of aromatic nitrogens is 2. The van der Waals surface area contributed by atoms with E-state index in [4.69, 9.17) is 4.98 Å². The van der Waals surface area contributed by atoms with E-state index >= 15 is 0 Å². The van der Waals surface area contributed by atoms with Crippen LogP contribution in [0.4, 0.5) is 4.39 Å². The van der Waals surface area contributed by atoms with Crippen molar-refractivity contribution in [2.45, 2.75) is 127 Å². The van der Waals surface area contributed by atoms with E-state index in [1.165, 1.54) is 24.4 Å². The third-order valence-corrected chi connectivity index (χ3v) is 12.2. The fourth-order valence-corrected chi connectivity index (χ4v) is 9.51. The third kappa shape index (κ3) is 6.00. The summed E-state index contributed by atoms with van der Waals surface area (Å²) in [6.45, 7) is 10.1. The van der Waals surface area contributed by atoms with Crippen LogP contribution in [0.2, 0.25) is 0 Å². The highest BCUT2D eigenvalue weighted by atomic mass is 19.1. The number of likely N-dealkylation sites (tertiary alicyclic amines) is 1. The Morgan fingerprint density at radius 1 is 0.936 bits per heavy atom. The maximum Gasteiger partial charge on any atom is 0.248 e. The molecule has 1 N–H and O–H groups in total. The average Bonchev–Trinajstić information content (AvgIpc) is 3.72. The molecule has 8 heteroatoms. The van der Waals surface area contributed by atoms with E-state index in [9.17, 15) is 14.0 Å². The van der Waals surface area contributed by atoms with Crippen LogP contribution in [-0.4, -0.2) is 68.4 Å². The first kappa shape index (κ1) is 32.3. The Kier molecular flexibility index (Phi) is 8.47. The van der Waals surface area contributed by atoms with Crippen LogP contribution in [0.5, 0.6) is 0 Å². The van der Waals surface area contributed by atoms with Gasteiger partial charge >= 0.3 is 0 Å². The van der Waals surface area contributed by atoms with Gasteiger partial charge in [0.2, 0.25) is 11.8 Å². The molecule has 1 saturated carbocycles. The first-order valence-electron chi connectivity index (χ1n) is 18.1. The third-order valence-electron chi connectivity index (χ3n) is 12.2. The van der Waals surface area contributed by atoms with E-state index in [0.29, 0.717) is 44.1 Å². The standard InChI is InChI=1S/C39H52FN5O2/c1-27-41-33-12-5-6-13-34(33)45(27)32-25-30-14-15-31(26-32)44(30)23-20-38(28-10-9-11-29(40)24-28)18-21-43(22-19-38)36(47)39(16-7-8-17-39)42-35(46)37(2,3)4/h5-6,9-13,24,30-32H,7-8,14-23,25-26H2,1-4H3,(H,42,46)/t30-,31+,32+. The first-order valence-corrected chi connectivity index (χ1v) is 18.1. The van der Waals surface area contributed by atoms with Crippen LogP contribution >= 0.6 is 0 Å². The summed E-state index contributed by atoms with van der Waals surface area (Å²) in [6.07, 6.45) is 10.6. The van der Waals surface area contributed by atoms with Crippen molar-refractivity contribution >= 4 is 22.8 Å². The predicted molar refractivity (Wildman–Crippen MR) is 184 cm³/mol. The van der Waals surface area contributed by atoms with Gasteiger partial charge in [-0.25, -0.2) is 9.37 Å². The lowest BCUT2D eigenvalue weighted by Gasteiger charge is -2.47. The predicted octanol–water partition coefficient (Wildman–Crippen LogP) is 7.08. The van der Waals surface area contributed by atoms with Gasteiger partial charge in [-0.1, -0.05) is 57.9 Å². The second-order valence-electron chi connectivity index (χ2n) is 16.1. The number of piperidine rings is 2. The zero-order valence-corrected chi connectivity index (χ0v) is 28.7. The van der Waals surface area contributed by atoms with Crippen LogP contribution in [0, 0.1) is 18.2 Å². The summed E-state index contributed by atoms with van der Waals surface area (Å²) in [6, 6.07) is 17.2. The van der Waals surface area contributed by atoms with E-state index in [2.05, 4.69) is 52.0 Å². The van der Waals surface area contributed by atoms with Gasteiger partial charge in [0.1, 0.15) is 17.2 Å². The molecule has 1 aromatic heterocycles. The van der Waals surface area contributed by atoms with Gasteiger partial charge in [-0.05, 0) is 106 Å². The number of nitrogens with zero attached hydrogens (tertiary/aromatic N) is 4. The normalized spacial score (nSPS) is 25.7. The van der Waals surface area contributed by atoms with Crippen molar-refractivity contribution in [1.29, 1.82) is 0 Å². The molecule has 1 aliphatic carbocycles. The van der Waals surface area contributed by atoms with Crippen LogP contribution in [0.3, 0.4) is 0 Å². The number of rotatable bonds is 7. The molecule has 7 nitrogen and oxygen atoms in total. The van der Waals surface area contributed by atoms with Crippen molar-refractivity contribution < 1.29 is 14.0 Å². The van der Waals surface area contributed by atoms with Gasteiger partial charge in [0.25, 0.3) is 0 Å². The van der Waals surface area contributed by atoms with Gasteiger partial charge in [0, 0.05) is 36.6 Å². The number of amides is 2. The zero-order valence-electron chi connectivity index (χ0n) is 28.7. The Labute approximate surface area is 279 Å². The lowest BCUT2D eigenvalue weighted by atomic mass is 9.70. The summed E-state index contributed by atoms with van der Waals surface area (Å²) in [4.78, 5) is 36.8. The summed E-state index contributed by atoms with van der Waals surface area (Å²) in [7, 11) is 0. The lowest BCUT2D eigenvalue weighted by Crippen LogP contribution is -2.61. The maximum atomic E-state index is 14.7. The molecule has 47 heavy (non-hydrogen) atoms.